The molecule has 5 atom stereocenters. The van der Waals surface area contributed by atoms with Gasteiger partial charge in [-0.15, -0.1) is 0 Å². The molecular formula is C33H25Br3N2O5. The lowest BCUT2D eigenvalue weighted by atomic mass is 9.81. The second-order valence-corrected chi connectivity index (χ2v) is 14.0. The van der Waals surface area contributed by atoms with Crippen molar-refractivity contribution in [2.45, 2.75) is 35.5 Å². The average molecular weight is 769 g/mol. The number of ketones is 1. The first-order valence-electron chi connectivity index (χ1n) is 13.8. The summed E-state index contributed by atoms with van der Waals surface area (Å²) in [5.74, 6) is -1.97. The second kappa shape index (κ2) is 12.1. The van der Waals surface area contributed by atoms with Gasteiger partial charge in [0.2, 0.25) is 17.6 Å². The molecule has 1 aliphatic heterocycles. The fourth-order valence-electron chi connectivity index (χ4n) is 5.76. The van der Waals surface area contributed by atoms with Crippen molar-refractivity contribution in [3.05, 3.63) is 94.5 Å². The Morgan fingerprint density at radius 2 is 1.51 bits per heavy atom. The van der Waals surface area contributed by atoms with Crippen molar-refractivity contribution >= 4 is 87.9 Å². The topological polar surface area (TPSA) is 93.6 Å². The van der Waals surface area contributed by atoms with Gasteiger partial charge in [-0.2, -0.15) is 0 Å². The molecule has 1 saturated heterocycles. The standard InChI is InChI=1S/C33H25Br3N2O5/c1-17(30(39)19-5-3-2-4-6-19)43-33(42)25-16-29(37-28-12-9-20(34)13-22(25)28)18-7-10-21(11-8-18)38-31(40)23-14-26(35)27(36)15-24(23)32(38)41/h2-13,16-17,23-24,26-27H,14-15H2,1H3. The van der Waals surface area contributed by atoms with E-state index in [2.05, 4.69) is 47.8 Å². The van der Waals surface area contributed by atoms with Crippen LogP contribution < -0.4 is 4.90 Å². The van der Waals surface area contributed by atoms with Gasteiger partial charge in [0, 0.05) is 30.6 Å². The minimum Gasteiger partial charge on any atom is -0.451 e. The van der Waals surface area contributed by atoms with Gasteiger partial charge in [-0.25, -0.2) is 9.78 Å². The fourth-order valence-corrected chi connectivity index (χ4v) is 7.36. The number of imide groups is 1. The summed E-state index contributed by atoms with van der Waals surface area (Å²) < 4.78 is 6.41. The molecule has 5 unspecified atom stereocenters. The van der Waals surface area contributed by atoms with Crippen molar-refractivity contribution in [2.75, 3.05) is 4.90 Å². The van der Waals surface area contributed by atoms with Crippen LogP contribution >= 0.6 is 47.8 Å². The molecule has 6 rings (SSSR count). The molecule has 2 heterocycles. The molecule has 2 aliphatic rings. The van der Waals surface area contributed by atoms with Gasteiger partial charge in [0.25, 0.3) is 0 Å². The number of carbonyl (C=O) groups is 4. The predicted octanol–water partition coefficient (Wildman–Crippen LogP) is 7.52. The molecule has 2 amide bonds. The van der Waals surface area contributed by atoms with Crippen LogP contribution in [0.5, 0.6) is 0 Å². The highest BCUT2D eigenvalue weighted by Crippen LogP contribution is 2.44. The number of ether oxygens (including phenoxy) is 1. The minimum atomic E-state index is -0.994. The molecule has 10 heteroatoms. The van der Waals surface area contributed by atoms with Gasteiger partial charge in [0.15, 0.2) is 6.10 Å². The molecule has 1 aliphatic carbocycles. The zero-order valence-electron chi connectivity index (χ0n) is 22.9. The summed E-state index contributed by atoms with van der Waals surface area (Å²) in [5.41, 5.74) is 2.99. The Balaban J connectivity index is 1.30. The zero-order valence-corrected chi connectivity index (χ0v) is 27.6. The van der Waals surface area contributed by atoms with E-state index in [1.807, 2.05) is 12.1 Å². The second-order valence-electron chi connectivity index (χ2n) is 10.8. The van der Waals surface area contributed by atoms with Crippen molar-refractivity contribution in [1.82, 2.24) is 4.98 Å². The van der Waals surface area contributed by atoms with Crippen LogP contribution in [-0.2, 0) is 14.3 Å². The van der Waals surface area contributed by atoms with E-state index in [1.54, 1.807) is 73.7 Å². The van der Waals surface area contributed by atoms with E-state index < -0.39 is 12.1 Å². The molecule has 2 fully saturated rings. The van der Waals surface area contributed by atoms with Crippen molar-refractivity contribution in [3.8, 4) is 11.3 Å². The molecule has 218 valence electrons. The lowest BCUT2D eigenvalue weighted by Gasteiger charge is -2.29. The van der Waals surface area contributed by atoms with E-state index in [0.717, 1.165) is 4.47 Å². The Labute approximate surface area is 273 Å². The largest absolute Gasteiger partial charge is 0.451 e. The maximum Gasteiger partial charge on any atom is 0.339 e. The molecule has 0 bridgehead atoms. The number of Topliss-reactive ketones (excluding diaryl/α,β-unsaturated/α-hetero) is 1. The number of carbonyl (C=O) groups excluding carboxylic acids is 4. The smallest absolute Gasteiger partial charge is 0.339 e. The summed E-state index contributed by atoms with van der Waals surface area (Å²) in [5, 5.41) is 0.574. The Bertz CT molecular complexity index is 1730. The van der Waals surface area contributed by atoms with Crippen LogP contribution in [0.25, 0.3) is 22.2 Å². The van der Waals surface area contributed by atoms with Gasteiger partial charge >= 0.3 is 5.97 Å². The molecule has 1 aromatic heterocycles. The Hall–Kier alpha value is -3.21. The number of anilines is 1. The van der Waals surface area contributed by atoms with E-state index in [4.69, 9.17) is 9.72 Å². The van der Waals surface area contributed by atoms with Crippen LogP contribution in [0.4, 0.5) is 5.69 Å². The molecule has 0 spiro atoms. The number of amides is 2. The number of rotatable bonds is 6. The third-order valence-electron chi connectivity index (χ3n) is 8.03. The van der Waals surface area contributed by atoms with E-state index in [1.165, 1.54) is 4.90 Å². The van der Waals surface area contributed by atoms with E-state index >= 15 is 0 Å². The number of hydrogen-bond donors (Lipinski definition) is 0. The van der Waals surface area contributed by atoms with Gasteiger partial charge < -0.3 is 4.74 Å². The van der Waals surface area contributed by atoms with Crippen molar-refractivity contribution < 1.29 is 23.9 Å². The zero-order chi connectivity index (χ0) is 30.4. The number of alkyl halides is 2. The maximum atomic E-state index is 13.5. The van der Waals surface area contributed by atoms with Gasteiger partial charge in [-0.3, -0.25) is 19.3 Å². The molecule has 0 N–H and O–H groups in total. The van der Waals surface area contributed by atoms with Crippen LogP contribution in [0, 0.1) is 11.8 Å². The van der Waals surface area contributed by atoms with Crippen LogP contribution in [0.2, 0.25) is 0 Å². The summed E-state index contributed by atoms with van der Waals surface area (Å²) in [7, 11) is 0. The van der Waals surface area contributed by atoms with Gasteiger partial charge in [-0.1, -0.05) is 90.3 Å². The molecular weight excluding hydrogens is 744 g/mol. The fraction of sp³-hybridized carbons (Fsp3) is 0.242. The number of nitrogens with zero attached hydrogens (tertiary/aromatic N) is 2. The number of halogens is 3. The number of fused-ring (bicyclic) bond motifs is 2. The first kappa shape index (κ1) is 29.8. The highest BCUT2D eigenvalue weighted by Gasteiger charge is 2.52. The summed E-state index contributed by atoms with van der Waals surface area (Å²) >= 11 is 10.7. The number of benzene rings is 3. The quantitative estimate of drug-likeness (QED) is 0.0873. The highest BCUT2D eigenvalue weighted by atomic mass is 79.9. The first-order chi connectivity index (χ1) is 20.6. The van der Waals surface area contributed by atoms with E-state index in [9.17, 15) is 19.2 Å². The first-order valence-corrected chi connectivity index (χ1v) is 16.4. The van der Waals surface area contributed by atoms with Crippen LogP contribution in [-0.4, -0.2) is 44.3 Å². The molecule has 7 nitrogen and oxygen atoms in total. The normalized spacial score (nSPS) is 22.4. The highest BCUT2D eigenvalue weighted by molar-refractivity contribution is 9.12. The summed E-state index contributed by atoms with van der Waals surface area (Å²) in [6.07, 6.45) is 0.211. The molecule has 0 radical (unpaired) electrons. The third-order valence-corrected chi connectivity index (χ3v) is 11.3. The van der Waals surface area contributed by atoms with Gasteiger partial charge in [0.1, 0.15) is 0 Å². The van der Waals surface area contributed by atoms with Crippen LogP contribution in [0.3, 0.4) is 0 Å². The summed E-state index contributed by atoms with van der Waals surface area (Å²) in [6, 6.07) is 22.8. The van der Waals surface area contributed by atoms with Crippen LogP contribution in [0.15, 0.2) is 83.3 Å². The Kier molecular flexibility index (Phi) is 8.37. The van der Waals surface area contributed by atoms with Crippen molar-refractivity contribution in [1.29, 1.82) is 0 Å². The number of esters is 1. The summed E-state index contributed by atoms with van der Waals surface area (Å²) in [6.45, 7) is 1.55. The molecule has 4 aromatic rings. The molecule has 1 saturated carbocycles. The van der Waals surface area contributed by atoms with Crippen molar-refractivity contribution in [3.63, 3.8) is 0 Å². The lowest BCUT2D eigenvalue weighted by molar-refractivity contribution is -0.122. The van der Waals surface area contributed by atoms with Crippen LogP contribution in [0.1, 0.15) is 40.5 Å². The monoisotopic (exact) mass is 766 g/mol. The van der Waals surface area contributed by atoms with E-state index in [-0.39, 0.29) is 44.7 Å². The van der Waals surface area contributed by atoms with Gasteiger partial charge in [-0.05, 0) is 56.2 Å². The van der Waals surface area contributed by atoms with Crippen molar-refractivity contribution in [2.24, 2.45) is 11.8 Å². The molecule has 43 heavy (non-hydrogen) atoms. The molecule has 3 aromatic carbocycles. The van der Waals surface area contributed by atoms with Gasteiger partial charge in [0.05, 0.1) is 34.3 Å². The number of hydrogen-bond acceptors (Lipinski definition) is 6. The number of pyridine rings is 1. The summed E-state index contributed by atoms with van der Waals surface area (Å²) in [4.78, 5) is 59.2. The van der Waals surface area contributed by atoms with E-state index in [0.29, 0.717) is 46.3 Å². The third kappa shape index (κ3) is 5.72. The Morgan fingerprint density at radius 3 is 2.14 bits per heavy atom. The SMILES string of the molecule is CC(OC(=O)c1cc(-c2ccc(N3C(=O)C4CC(Br)C(Br)CC4C3=O)cc2)nc2ccc(Br)cc12)C(=O)c1ccccc1. The average Bonchev–Trinajstić information content (AvgIpc) is 3.24. The lowest BCUT2D eigenvalue weighted by Crippen LogP contribution is -2.34. The predicted molar refractivity (Wildman–Crippen MR) is 175 cm³/mol. The maximum absolute atomic E-state index is 13.5. The Morgan fingerprint density at radius 1 is 0.884 bits per heavy atom. The minimum absolute atomic E-state index is 0.132. The number of aromatic nitrogens is 1.